The van der Waals surface area contributed by atoms with Crippen LogP contribution in [0.5, 0.6) is 0 Å². The Morgan fingerprint density at radius 2 is 1.60 bits per heavy atom. The number of carbonyl (C=O) groups excluding carboxylic acids is 2. The second-order valence-electron chi connectivity index (χ2n) is 4.45. The zero-order valence-electron chi connectivity index (χ0n) is 12.7. The molecule has 0 aliphatic carbocycles. The van der Waals surface area contributed by atoms with Crippen molar-refractivity contribution in [3.8, 4) is 0 Å². The molecular formula is C14H28N2O2S2. The van der Waals surface area contributed by atoms with Gasteiger partial charge in [0.25, 0.3) is 0 Å². The van der Waals surface area contributed by atoms with Crippen LogP contribution >= 0.6 is 21.6 Å². The fraction of sp³-hybridized carbons (Fsp3) is 0.857. The number of unbranched alkanes of at least 4 members (excludes halogenated alkanes) is 1. The number of ketones is 1. The molecule has 0 rings (SSSR count). The average molecular weight is 321 g/mol. The van der Waals surface area contributed by atoms with Gasteiger partial charge in [0.05, 0.1) is 0 Å². The van der Waals surface area contributed by atoms with Gasteiger partial charge in [0.15, 0.2) is 0 Å². The van der Waals surface area contributed by atoms with Crippen molar-refractivity contribution < 1.29 is 9.59 Å². The van der Waals surface area contributed by atoms with Gasteiger partial charge >= 0.3 is 0 Å². The molecule has 20 heavy (non-hydrogen) atoms. The number of carbonyl (C=O) groups is 2. The summed E-state index contributed by atoms with van der Waals surface area (Å²) in [5.74, 6) is 2.43. The van der Waals surface area contributed by atoms with Gasteiger partial charge in [-0.2, -0.15) is 0 Å². The van der Waals surface area contributed by atoms with Crippen LogP contribution in [0.4, 0.5) is 0 Å². The Balaban J connectivity index is 3.22. The van der Waals surface area contributed by atoms with Gasteiger partial charge in [0.2, 0.25) is 5.91 Å². The number of nitrogens with one attached hydrogen (secondary N) is 2. The number of hydrogen-bond acceptors (Lipinski definition) is 5. The predicted octanol–water partition coefficient (Wildman–Crippen LogP) is 2.63. The zero-order chi connectivity index (χ0) is 15.1. The summed E-state index contributed by atoms with van der Waals surface area (Å²) >= 11 is 0. The van der Waals surface area contributed by atoms with Gasteiger partial charge in [-0.15, -0.1) is 0 Å². The second-order valence-corrected chi connectivity index (χ2v) is 7.15. The van der Waals surface area contributed by atoms with Crippen molar-refractivity contribution in [3.63, 3.8) is 0 Å². The highest BCUT2D eigenvalue weighted by molar-refractivity contribution is 8.76. The summed E-state index contributed by atoms with van der Waals surface area (Å²) < 4.78 is 0. The van der Waals surface area contributed by atoms with E-state index >= 15 is 0 Å². The molecule has 0 aliphatic heterocycles. The van der Waals surface area contributed by atoms with Crippen LogP contribution in [0.1, 0.15) is 46.0 Å². The number of hydrogen-bond donors (Lipinski definition) is 2. The average Bonchev–Trinajstić information content (AvgIpc) is 2.46. The minimum Gasteiger partial charge on any atom is -0.355 e. The lowest BCUT2D eigenvalue weighted by Crippen LogP contribution is -2.25. The highest BCUT2D eigenvalue weighted by Crippen LogP contribution is 2.19. The molecule has 0 radical (unpaired) electrons. The van der Waals surface area contributed by atoms with Crippen LogP contribution in [0.2, 0.25) is 0 Å². The Labute approximate surface area is 131 Å². The van der Waals surface area contributed by atoms with Crippen molar-refractivity contribution in [1.82, 2.24) is 10.6 Å². The zero-order valence-corrected chi connectivity index (χ0v) is 14.3. The van der Waals surface area contributed by atoms with Crippen molar-refractivity contribution >= 4 is 33.3 Å². The Bertz CT molecular complexity index is 264. The summed E-state index contributed by atoms with van der Waals surface area (Å²) in [6.07, 6.45) is 3.39. The van der Waals surface area contributed by atoms with Crippen LogP contribution in [0.25, 0.3) is 0 Å². The lowest BCUT2D eigenvalue weighted by molar-refractivity contribution is -0.122. The monoisotopic (exact) mass is 320 g/mol. The van der Waals surface area contributed by atoms with Crippen LogP contribution in [-0.4, -0.2) is 42.8 Å². The molecule has 0 aliphatic rings. The molecule has 0 bridgehead atoms. The minimum atomic E-state index is 0.104. The maximum absolute atomic E-state index is 11.5. The van der Waals surface area contributed by atoms with Gasteiger partial charge in [0.1, 0.15) is 5.78 Å². The molecule has 0 spiro atoms. The minimum absolute atomic E-state index is 0.104. The Morgan fingerprint density at radius 3 is 2.25 bits per heavy atom. The molecule has 6 heteroatoms. The van der Waals surface area contributed by atoms with Gasteiger partial charge < -0.3 is 10.6 Å². The van der Waals surface area contributed by atoms with E-state index in [9.17, 15) is 9.59 Å². The molecule has 2 N–H and O–H groups in total. The molecule has 4 nitrogen and oxygen atoms in total. The maximum atomic E-state index is 11.5. The third-order valence-electron chi connectivity index (χ3n) is 2.71. The topological polar surface area (TPSA) is 58.2 Å². The van der Waals surface area contributed by atoms with E-state index in [1.165, 1.54) is 0 Å². The normalized spacial score (nSPS) is 10.5. The Morgan fingerprint density at radius 1 is 0.950 bits per heavy atom. The molecule has 0 unspecified atom stereocenters. The molecule has 118 valence electrons. The fourth-order valence-corrected chi connectivity index (χ4v) is 3.37. The highest BCUT2D eigenvalue weighted by atomic mass is 33.1. The van der Waals surface area contributed by atoms with E-state index in [-0.39, 0.29) is 11.7 Å². The molecule has 0 heterocycles. The summed E-state index contributed by atoms with van der Waals surface area (Å²) in [6, 6.07) is 0. The quantitative estimate of drug-likeness (QED) is 0.381. The molecule has 0 saturated heterocycles. The van der Waals surface area contributed by atoms with E-state index in [1.54, 1.807) is 10.8 Å². The van der Waals surface area contributed by atoms with E-state index in [2.05, 4.69) is 17.6 Å². The van der Waals surface area contributed by atoms with Gasteiger partial charge in [-0.3, -0.25) is 9.59 Å². The largest absolute Gasteiger partial charge is 0.355 e. The van der Waals surface area contributed by atoms with Crippen LogP contribution in [0.3, 0.4) is 0 Å². The first-order valence-electron chi connectivity index (χ1n) is 7.44. The Hall–Kier alpha value is -0.200. The van der Waals surface area contributed by atoms with Crippen molar-refractivity contribution in [1.29, 1.82) is 0 Å². The van der Waals surface area contributed by atoms with E-state index in [0.717, 1.165) is 44.0 Å². The number of rotatable bonds is 14. The molecule has 0 aromatic carbocycles. The summed E-state index contributed by atoms with van der Waals surface area (Å²) in [5, 5.41) is 6.18. The summed E-state index contributed by atoms with van der Waals surface area (Å²) in [6.45, 7) is 6.77. The van der Waals surface area contributed by atoms with E-state index < -0.39 is 0 Å². The van der Waals surface area contributed by atoms with E-state index in [0.29, 0.717) is 19.3 Å². The lowest BCUT2D eigenvalue weighted by Gasteiger charge is -2.05. The molecule has 0 fully saturated rings. The van der Waals surface area contributed by atoms with Crippen molar-refractivity contribution in [3.05, 3.63) is 0 Å². The smallest absolute Gasteiger partial charge is 0.220 e. The number of amides is 1. The van der Waals surface area contributed by atoms with Gasteiger partial charge in [-0.1, -0.05) is 35.4 Å². The molecule has 0 aromatic rings. The van der Waals surface area contributed by atoms with E-state index in [4.69, 9.17) is 0 Å². The molecule has 0 aromatic heterocycles. The van der Waals surface area contributed by atoms with Crippen LogP contribution < -0.4 is 10.6 Å². The third kappa shape index (κ3) is 14.2. The van der Waals surface area contributed by atoms with Crippen LogP contribution in [-0.2, 0) is 9.59 Å². The molecule has 0 saturated carbocycles. The van der Waals surface area contributed by atoms with Gasteiger partial charge in [-0.05, 0) is 19.4 Å². The first-order valence-corrected chi connectivity index (χ1v) is 9.93. The second kappa shape index (κ2) is 15.2. The summed E-state index contributed by atoms with van der Waals surface area (Å²) in [4.78, 5) is 22.6. The van der Waals surface area contributed by atoms with Gasteiger partial charge in [-0.25, -0.2) is 0 Å². The summed E-state index contributed by atoms with van der Waals surface area (Å²) in [7, 11) is 3.64. The first-order chi connectivity index (χ1) is 9.70. The standard InChI is InChI=1S/C14H28N2O2S2/c1-3-13(17)7-5-6-8-14(18)16-10-12-20-19-11-9-15-4-2/h15H,3-12H2,1-2H3,(H,16,18). The van der Waals surface area contributed by atoms with Gasteiger partial charge in [0, 0.05) is 43.9 Å². The Kier molecular flexibility index (Phi) is 15.0. The summed E-state index contributed by atoms with van der Waals surface area (Å²) in [5.41, 5.74) is 0. The fourth-order valence-electron chi connectivity index (χ4n) is 1.51. The van der Waals surface area contributed by atoms with Crippen molar-refractivity contribution in [2.24, 2.45) is 0 Å². The molecule has 1 amide bonds. The van der Waals surface area contributed by atoms with Crippen molar-refractivity contribution in [2.75, 3.05) is 31.1 Å². The molecular weight excluding hydrogens is 292 g/mol. The SMILES string of the molecule is CCNCCSSCCNC(=O)CCCCC(=O)CC. The third-order valence-corrected chi connectivity index (χ3v) is 5.12. The van der Waals surface area contributed by atoms with E-state index in [1.807, 2.05) is 17.7 Å². The van der Waals surface area contributed by atoms with Crippen LogP contribution in [0, 0.1) is 0 Å². The number of Topliss-reactive ketones (excluding diaryl/α,β-unsaturated/α-hetero) is 1. The molecule has 0 atom stereocenters. The predicted molar refractivity (Wildman–Crippen MR) is 90.2 cm³/mol. The maximum Gasteiger partial charge on any atom is 0.220 e. The van der Waals surface area contributed by atoms with Crippen LogP contribution in [0.15, 0.2) is 0 Å². The van der Waals surface area contributed by atoms with Crippen molar-refractivity contribution in [2.45, 2.75) is 46.0 Å². The highest BCUT2D eigenvalue weighted by Gasteiger charge is 2.02. The lowest BCUT2D eigenvalue weighted by atomic mass is 10.1. The first kappa shape index (κ1) is 19.8.